The highest BCUT2D eigenvalue weighted by Gasteiger charge is 2.39. The molecule has 2 aliphatic rings. The summed E-state index contributed by atoms with van der Waals surface area (Å²) in [5.74, 6) is -2.38. The van der Waals surface area contributed by atoms with E-state index >= 15 is 0 Å². The zero-order chi connectivity index (χ0) is 30.1. The summed E-state index contributed by atoms with van der Waals surface area (Å²) in [5.41, 5.74) is 3.31. The summed E-state index contributed by atoms with van der Waals surface area (Å²) in [7, 11) is 1.50. The van der Waals surface area contributed by atoms with Crippen LogP contribution in [0.2, 0.25) is 0 Å². The van der Waals surface area contributed by atoms with Crippen LogP contribution in [0.3, 0.4) is 0 Å². The summed E-state index contributed by atoms with van der Waals surface area (Å²) in [4.78, 5) is 53.0. The van der Waals surface area contributed by atoms with Gasteiger partial charge in [-0.2, -0.15) is 0 Å². The highest BCUT2D eigenvalue weighted by Crippen LogP contribution is 2.43. The molecule has 0 saturated heterocycles. The maximum atomic E-state index is 13.9. The van der Waals surface area contributed by atoms with Crippen molar-refractivity contribution in [2.45, 2.75) is 85.2 Å². The normalized spacial score (nSPS) is 20.3. The molecule has 1 atom stereocenters. The van der Waals surface area contributed by atoms with Gasteiger partial charge < -0.3 is 9.47 Å². The van der Waals surface area contributed by atoms with Gasteiger partial charge in [-0.3, -0.25) is 19.2 Å². The molecule has 0 amide bonds. The molecule has 0 N–H and O–H groups in total. The lowest BCUT2D eigenvalue weighted by molar-refractivity contribution is -0.155. The molecule has 6 nitrogen and oxygen atoms in total. The predicted octanol–water partition coefficient (Wildman–Crippen LogP) is 6.85. The largest absolute Gasteiger partial charge is 0.496 e. The van der Waals surface area contributed by atoms with Crippen molar-refractivity contribution in [3.05, 3.63) is 70.3 Å². The Morgan fingerprint density at radius 2 is 1.59 bits per heavy atom. The summed E-state index contributed by atoms with van der Waals surface area (Å²) in [6.45, 7) is 10.7. The first-order chi connectivity index (χ1) is 19.3. The number of methoxy groups -OCH3 is 1. The van der Waals surface area contributed by atoms with Crippen LogP contribution in [0.15, 0.2) is 42.5 Å². The molecule has 1 saturated carbocycles. The van der Waals surface area contributed by atoms with Gasteiger partial charge in [0.1, 0.15) is 17.3 Å². The summed E-state index contributed by atoms with van der Waals surface area (Å²) in [6.07, 6.45) is 6.00. The number of carbonyl (C=O) groups is 4. The number of ether oxygens (including phenoxy) is 2. The minimum absolute atomic E-state index is 0.0267. The molecule has 0 heterocycles. The lowest BCUT2D eigenvalue weighted by atomic mass is 9.76. The highest BCUT2D eigenvalue weighted by atomic mass is 16.6. The molecule has 2 aliphatic carbocycles. The molecule has 0 aliphatic heterocycles. The number of allylic oxidation sites excluding steroid dienone is 1. The molecule has 0 radical (unpaired) electrons. The Bertz CT molecular complexity index is 1360. The second-order valence-corrected chi connectivity index (χ2v) is 12.9. The Labute approximate surface area is 243 Å². The fourth-order valence-electron chi connectivity index (χ4n) is 5.85. The van der Waals surface area contributed by atoms with E-state index in [2.05, 4.69) is 31.2 Å². The van der Waals surface area contributed by atoms with Gasteiger partial charge in [-0.25, -0.2) is 0 Å². The van der Waals surface area contributed by atoms with Gasteiger partial charge in [-0.1, -0.05) is 49.8 Å². The van der Waals surface area contributed by atoms with Crippen molar-refractivity contribution in [2.75, 3.05) is 7.11 Å². The minimum atomic E-state index is -0.876. The number of benzene rings is 2. The molecule has 2 aromatic rings. The molecule has 1 fully saturated rings. The SMILES string of the molecule is COc1cc2c(cc1C(=O)C1CCC(Cc3ccc(C)cc3)CC1)C(C(=O)C(=O)C(C)C)=CC2C(=O)OC(C)(C)C. The predicted molar refractivity (Wildman–Crippen MR) is 159 cm³/mol. The number of rotatable bonds is 9. The van der Waals surface area contributed by atoms with Crippen LogP contribution in [-0.2, 0) is 25.5 Å². The van der Waals surface area contributed by atoms with Gasteiger partial charge in [0, 0.05) is 17.4 Å². The molecule has 4 rings (SSSR count). The highest BCUT2D eigenvalue weighted by molar-refractivity contribution is 6.55. The number of aryl methyl sites for hydroxylation is 1. The Hall–Kier alpha value is -3.54. The molecule has 6 heteroatoms. The Kier molecular flexibility index (Phi) is 9.00. The monoisotopic (exact) mass is 558 g/mol. The molecule has 1 unspecified atom stereocenters. The molecular weight excluding hydrogens is 516 g/mol. The third kappa shape index (κ3) is 6.86. The van der Waals surface area contributed by atoms with Crippen LogP contribution in [0.5, 0.6) is 5.75 Å². The van der Waals surface area contributed by atoms with Crippen molar-refractivity contribution >= 4 is 28.9 Å². The quantitative estimate of drug-likeness (QED) is 0.190. The third-order valence-electron chi connectivity index (χ3n) is 8.11. The Morgan fingerprint density at radius 3 is 2.15 bits per heavy atom. The number of Topliss-reactive ketones (excluding diaryl/α,β-unsaturated/α-hetero) is 3. The first kappa shape index (κ1) is 30.4. The molecule has 41 heavy (non-hydrogen) atoms. The van der Waals surface area contributed by atoms with Crippen LogP contribution in [0.4, 0.5) is 0 Å². The van der Waals surface area contributed by atoms with E-state index in [-0.39, 0.29) is 17.3 Å². The average Bonchev–Trinajstić information content (AvgIpc) is 3.30. The van der Waals surface area contributed by atoms with Crippen LogP contribution in [0.25, 0.3) is 5.57 Å². The van der Waals surface area contributed by atoms with Crippen LogP contribution in [-0.4, -0.2) is 36.0 Å². The van der Waals surface area contributed by atoms with Gasteiger partial charge in [0.2, 0.25) is 11.6 Å². The maximum Gasteiger partial charge on any atom is 0.317 e. The number of hydrogen-bond donors (Lipinski definition) is 0. The fourth-order valence-corrected chi connectivity index (χ4v) is 5.85. The van der Waals surface area contributed by atoms with Crippen molar-refractivity contribution in [3.8, 4) is 5.75 Å². The fraction of sp³-hybridized carbons (Fsp3) is 0.486. The van der Waals surface area contributed by atoms with Crippen molar-refractivity contribution in [2.24, 2.45) is 17.8 Å². The number of ketones is 3. The zero-order valence-electron chi connectivity index (χ0n) is 25.3. The molecule has 0 bridgehead atoms. The lowest BCUT2D eigenvalue weighted by Gasteiger charge is -2.28. The summed E-state index contributed by atoms with van der Waals surface area (Å²) < 4.78 is 11.3. The van der Waals surface area contributed by atoms with E-state index in [1.807, 2.05) is 0 Å². The molecule has 0 aromatic heterocycles. The van der Waals surface area contributed by atoms with Crippen LogP contribution < -0.4 is 4.74 Å². The van der Waals surface area contributed by atoms with E-state index in [9.17, 15) is 19.2 Å². The van der Waals surface area contributed by atoms with Crippen LogP contribution in [0.1, 0.15) is 98.8 Å². The first-order valence-electron chi connectivity index (χ1n) is 14.6. The summed E-state index contributed by atoms with van der Waals surface area (Å²) >= 11 is 0. The van der Waals surface area contributed by atoms with Gasteiger partial charge in [0.15, 0.2) is 5.78 Å². The molecule has 0 spiro atoms. The van der Waals surface area contributed by atoms with E-state index in [0.717, 1.165) is 32.1 Å². The first-order valence-corrected chi connectivity index (χ1v) is 14.6. The van der Waals surface area contributed by atoms with Crippen molar-refractivity contribution in [1.82, 2.24) is 0 Å². The van der Waals surface area contributed by atoms with Gasteiger partial charge in [-0.05, 0) is 94.5 Å². The van der Waals surface area contributed by atoms with Gasteiger partial charge in [0.25, 0.3) is 0 Å². The Morgan fingerprint density at radius 1 is 0.951 bits per heavy atom. The van der Waals surface area contributed by atoms with E-state index in [1.54, 1.807) is 46.8 Å². The van der Waals surface area contributed by atoms with E-state index in [0.29, 0.717) is 28.4 Å². The minimum Gasteiger partial charge on any atom is -0.496 e. The smallest absolute Gasteiger partial charge is 0.317 e. The summed E-state index contributed by atoms with van der Waals surface area (Å²) in [5, 5.41) is 0. The zero-order valence-corrected chi connectivity index (χ0v) is 25.3. The van der Waals surface area contributed by atoms with Crippen molar-refractivity contribution in [1.29, 1.82) is 0 Å². The second-order valence-electron chi connectivity index (χ2n) is 12.9. The number of esters is 1. The standard InChI is InChI=1S/C35H42O6/c1-20(2)31(36)33(38)27-18-28(34(39)41-35(4,5)6)26-19-30(40-7)29(17-25(26)27)32(37)24-14-12-23(13-15-24)16-22-10-8-21(3)9-11-22/h8-11,17-20,23-24,28H,12-16H2,1-7H3. The summed E-state index contributed by atoms with van der Waals surface area (Å²) in [6, 6.07) is 12.0. The van der Waals surface area contributed by atoms with Gasteiger partial charge in [0.05, 0.1) is 12.7 Å². The molecule has 2 aromatic carbocycles. The lowest BCUT2D eigenvalue weighted by Crippen LogP contribution is -2.27. The van der Waals surface area contributed by atoms with Crippen LogP contribution in [0, 0.1) is 24.7 Å². The molecule has 218 valence electrons. The number of hydrogen-bond acceptors (Lipinski definition) is 6. The number of fused-ring (bicyclic) bond motifs is 1. The maximum absolute atomic E-state index is 13.9. The van der Waals surface area contributed by atoms with Gasteiger partial charge in [-0.15, -0.1) is 0 Å². The average molecular weight is 559 g/mol. The van der Waals surface area contributed by atoms with Gasteiger partial charge >= 0.3 is 5.97 Å². The van der Waals surface area contributed by atoms with E-state index in [1.165, 1.54) is 24.3 Å². The van der Waals surface area contributed by atoms with Crippen molar-refractivity contribution in [3.63, 3.8) is 0 Å². The van der Waals surface area contributed by atoms with E-state index < -0.39 is 35.0 Å². The molecular formula is C35H42O6. The second kappa shape index (κ2) is 12.1. The Balaban J connectivity index is 1.61. The van der Waals surface area contributed by atoms with E-state index in [4.69, 9.17) is 9.47 Å². The van der Waals surface area contributed by atoms with Crippen LogP contribution >= 0.6 is 0 Å². The topological polar surface area (TPSA) is 86.7 Å². The van der Waals surface area contributed by atoms with Crippen molar-refractivity contribution < 1.29 is 28.7 Å². The third-order valence-corrected chi connectivity index (χ3v) is 8.11. The number of carbonyl (C=O) groups excluding carboxylic acids is 4.